The van der Waals surface area contributed by atoms with Crippen LogP contribution in [0.15, 0.2) is 42.6 Å². The van der Waals surface area contributed by atoms with Crippen molar-refractivity contribution < 1.29 is 4.79 Å². The molecule has 2 heterocycles. The van der Waals surface area contributed by atoms with E-state index in [0.29, 0.717) is 17.3 Å². The Kier molecular flexibility index (Phi) is 4.73. The Hall–Kier alpha value is -2.91. The number of carbonyl (C=O) groups is 1. The topological polar surface area (TPSA) is 81.0 Å². The summed E-state index contributed by atoms with van der Waals surface area (Å²) in [5.74, 6) is -0.324. The minimum absolute atomic E-state index is 0.135. The number of rotatable bonds is 3. The molecule has 0 spiro atoms. The van der Waals surface area contributed by atoms with Crippen LogP contribution >= 0.6 is 0 Å². The number of amides is 1. The minimum atomic E-state index is -0.324. The fourth-order valence-corrected chi connectivity index (χ4v) is 2.78. The van der Waals surface area contributed by atoms with Gasteiger partial charge in [0.05, 0.1) is 17.4 Å². The Morgan fingerprint density at radius 1 is 1.42 bits per heavy atom. The van der Waals surface area contributed by atoms with E-state index >= 15 is 0 Å². The predicted molar refractivity (Wildman–Crippen MR) is 93.0 cm³/mol. The Balaban J connectivity index is 1.87. The molecule has 0 bridgehead atoms. The fraction of sp³-hybridized carbons (Fsp3) is 0.278. The Morgan fingerprint density at radius 2 is 2.21 bits per heavy atom. The molecule has 3 rings (SSSR count). The number of nitrogens with zero attached hydrogens (tertiary/aromatic N) is 3. The lowest BCUT2D eigenvalue weighted by molar-refractivity contribution is 0.102. The second-order valence-corrected chi connectivity index (χ2v) is 5.82. The third-order valence-corrected chi connectivity index (χ3v) is 3.99. The van der Waals surface area contributed by atoms with Crippen LogP contribution < -0.4 is 15.5 Å². The average Bonchev–Trinajstić information content (AvgIpc) is 2.62. The quantitative estimate of drug-likeness (QED) is 0.904. The minimum Gasteiger partial charge on any atom is -0.367 e. The van der Waals surface area contributed by atoms with Gasteiger partial charge in [-0.1, -0.05) is 18.2 Å². The Bertz CT molecular complexity index is 769. The number of hydrogen-bond acceptors (Lipinski definition) is 5. The molecule has 0 saturated carbocycles. The van der Waals surface area contributed by atoms with E-state index in [-0.39, 0.29) is 11.6 Å². The third-order valence-electron chi connectivity index (χ3n) is 3.99. The SMILES string of the molecule is CC1CN(c2cnc(C#N)c(C(=O)Nc3ccccc3)c2)CCN1. The Morgan fingerprint density at radius 3 is 2.92 bits per heavy atom. The number of anilines is 2. The van der Waals surface area contributed by atoms with E-state index in [0.717, 1.165) is 25.3 Å². The molecular weight excluding hydrogens is 302 g/mol. The van der Waals surface area contributed by atoms with Gasteiger partial charge in [-0.2, -0.15) is 5.26 Å². The van der Waals surface area contributed by atoms with E-state index in [9.17, 15) is 10.1 Å². The molecule has 0 aliphatic carbocycles. The monoisotopic (exact) mass is 321 g/mol. The first-order valence-corrected chi connectivity index (χ1v) is 7.92. The number of nitrogens with one attached hydrogen (secondary N) is 2. The largest absolute Gasteiger partial charge is 0.367 e. The van der Waals surface area contributed by atoms with Gasteiger partial charge in [0.15, 0.2) is 5.69 Å². The van der Waals surface area contributed by atoms with Crippen LogP contribution in [0.5, 0.6) is 0 Å². The summed E-state index contributed by atoms with van der Waals surface area (Å²) in [5.41, 5.74) is 1.98. The highest BCUT2D eigenvalue weighted by atomic mass is 16.1. The maximum atomic E-state index is 12.6. The van der Waals surface area contributed by atoms with E-state index in [1.54, 1.807) is 24.4 Å². The first-order valence-electron chi connectivity index (χ1n) is 7.92. The Labute approximate surface area is 141 Å². The number of benzene rings is 1. The van der Waals surface area contributed by atoms with Crippen molar-refractivity contribution in [1.29, 1.82) is 5.26 Å². The van der Waals surface area contributed by atoms with Crippen molar-refractivity contribution in [2.24, 2.45) is 0 Å². The van der Waals surface area contributed by atoms with Crippen LogP contribution in [-0.2, 0) is 0 Å². The van der Waals surface area contributed by atoms with Gasteiger partial charge in [0.2, 0.25) is 0 Å². The van der Waals surface area contributed by atoms with Crippen LogP contribution in [0.3, 0.4) is 0 Å². The van der Waals surface area contributed by atoms with Crippen LogP contribution in [0.25, 0.3) is 0 Å². The number of nitriles is 1. The summed E-state index contributed by atoms with van der Waals surface area (Å²) in [4.78, 5) is 18.9. The zero-order chi connectivity index (χ0) is 16.9. The molecule has 6 nitrogen and oxygen atoms in total. The summed E-state index contributed by atoms with van der Waals surface area (Å²) in [6.45, 7) is 4.68. The molecule has 1 saturated heterocycles. The molecule has 24 heavy (non-hydrogen) atoms. The standard InChI is InChI=1S/C18H19N5O/c1-13-12-23(8-7-20-13)15-9-16(17(10-19)21-11-15)18(24)22-14-5-3-2-4-6-14/h2-6,9,11,13,20H,7-8,12H2,1H3,(H,22,24). The molecule has 1 aromatic heterocycles. The smallest absolute Gasteiger partial charge is 0.258 e. The molecule has 2 aromatic rings. The number of piperazine rings is 1. The highest BCUT2D eigenvalue weighted by Gasteiger charge is 2.20. The number of para-hydroxylation sites is 1. The van der Waals surface area contributed by atoms with Crippen molar-refractivity contribution in [3.8, 4) is 6.07 Å². The van der Waals surface area contributed by atoms with Gasteiger partial charge in [0, 0.05) is 31.4 Å². The first kappa shape index (κ1) is 16.0. The summed E-state index contributed by atoms with van der Waals surface area (Å²) >= 11 is 0. The van der Waals surface area contributed by atoms with Crippen molar-refractivity contribution in [3.63, 3.8) is 0 Å². The summed E-state index contributed by atoms with van der Waals surface area (Å²) in [5, 5.41) is 15.5. The molecular formula is C18H19N5O. The number of pyridine rings is 1. The average molecular weight is 321 g/mol. The van der Waals surface area contributed by atoms with Crippen molar-refractivity contribution in [3.05, 3.63) is 53.9 Å². The molecule has 1 aliphatic rings. The highest BCUT2D eigenvalue weighted by Crippen LogP contribution is 2.20. The molecule has 1 amide bonds. The van der Waals surface area contributed by atoms with Crippen molar-refractivity contribution in [2.75, 3.05) is 29.9 Å². The van der Waals surface area contributed by atoms with Crippen LogP contribution in [0.2, 0.25) is 0 Å². The molecule has 122 valence electrons. The zero-order valence-electron chi connectivity index (χ0n) is 13.5. The van der Waals surface area contributed by atoms with Gasteiger partial charge in [-0.05, 0) is 25.1 Å². The van der Waals surface area contributed by atoms with Gasteiger partial charge in [0.1, 0.15) is 6.07 Å². The highest BCUT2D eigenvalue weighted by molar-refractivity contribution is 6.06. The fourth-order valence-electron chi connectivity index (χ4n) is 2.78. The number of aromatic nitrogens is 1. The van der Waals surface area contributed by atoms with Gasteiger partial charge in [0.25, 0.3) is 5.91 Å². The van der Waals surface area contributed by atoms with Gasteiger partial charge >= 0.3 is 0 Å². The lowest BCUT2D eigenvalue weighted by Crippen LogP contribution is -2.49. The predicted octanol–water partition coefficient (Wildman–Crippen LogP) is 2.00. The molecule has 1 aliphatic heterocycles. The number of hydrogen-bond donors (Lipinski definition) is 2. The number of carbonyl (C=O) groups excluding carboxylic acids is 1. The van der Waals surface area contributed by atoms with Gasteiger partial charge < -0.3 is 15.5 Å². The molecule has 1 unspecified atom stereocenters. The summed E-state index contributed by atoms with van der Waals surface area (Å²) in [6.07, 6.45) is 1.66. The van der Waals surface area contributed by atoms with Crippen LogP contribution in [0, 0.1) is 11.3 Å². The third kappa shape index (κ3) is 3.53. The maximum Gasteiger partial charge on any atom is 0.258 e. The summed E-state index contributed by atoms with van der Waals surface area (Å²) in [6, 6.07) is 13.3. The van der Waals surface area contributed by atoms with Crippen LogP contribution in [0.1, 0.15) is 23.0 Å². The lowest BCUT2D eigenvalue weighted by Gasteiger charge is -2.33. The molecule has 2 N–H and O–H groups in total. The van der Waals surface area contributed by atoms with Crippen molar-refractivity contribution in [2.45, 2.75) is 13.0 Å². The molecule has 1 aromatic carbocycles. The van der Waals surface area contributed by atoms with Crippen molar-refractivity contribution >= 4 is 17.3 Å². The first-order chi connectivity index (χ1) is 11.7. The molecule has 1 fully saturated rings. The second-order valence-electron chi connectivity index (χ2n) is 5.82. The normalized spacial score (nSPS) is 17.2. The zero-order valence-corrected chi connectivity index (χ0v) is 13.5. The molecule has 6 heteroatoms. The van der Waals surface area contributed by atoms with Crippen LogP contribution in [-0.4, -0.2) is 36.6 Å². The van der Waals surface area contributed by atoms with Gasteiger partial charge in [-0.15, -0.1) is 0 Å². The van der Waals surface area contributed by atoms with Gasteiger partial charge in [-0.3, -0.25) is 4.79 Å². The van der Waals surface area contributed by atoms with E-state index in [1.807, 2.05) is 24.3 Å². The molecule has 0 radical (unpaired) electrons. The van der Waals surface area contributed by atoms with E-state index in [1.165, 1.54) is 0 Å². The van der Waals surface area contributed by atoms with Crippen molar-refractivity contribution in [1.82, 2.24) is 10.3 Å². The second kappa shape index (κ2) is 7.11. The van der Waals surface area contributed by atoms with E-state index in [2.05, 4.69) is 27.4 Å². The lowest BCUT2D eigenvalue weighted by atomic mass is 10.1. The summed E-state index contributed by atoms with van der Waals surface area (Å²) < 4.78 is 0. The molecule has 1 atom stereocenters. The summed E-state index contributed by atoms with van der Waals surface area (Å²) in [7, 11) is 0. The van der Waals surface area contributed by atoms with E-state index < -0.39 is 0 Å². The van der Waals surface area contributed by atoms with E-state index in [4.69, 9.17) is 0 Å². The van der Waals surface area contributed by atoms with Crippen LogP contribution in [0.4, 0.5) is 11.4 Å². The van der Waals surface area contributed by atoms with Gasteiger partial charge in [-0.25, -0.2) is 4.98 Å². The maximum absolute atomic E-state index is 12.6.